The van der Waals surface area contributed by atoms with Crippen molar-refractivity contribution >= 4 is 0 Å². The largest absolute Gasteiger partial charge is 0.0836 e. The fourth-order valence-corrected chi connectivity index (χ4v) is 2.06. The quantitative estimate of drug-likeness (QED) is 0.639. The summed E-state index contributed by atoms with van der Waals surface area (Å²) in [4.78, 5) is 0. The summed E-state index contributed by atoms with van der Waals surface area (Å²) in [6.45, 7) is 6.77. The molecule has 0 radical (unpaired) electrons. The Balaban J connectivity index is 2.19. The molecule has 0 saturated heterocycles. The lowest BCUT2D eigenvalue weighted by atomic mass is 9.84. The van der Waals surface area contributed by atoms with Crippen LogP contribution in [0.2, 0.25) is 0 Å². The van der Waals surface area contributed by atoms with Crippen LogP contribution in [0.4, 0.5) is 0 Å². The van der Waals surface area contributed by atoms with Gasteiger partial charge in [-0.25, -0.2) is 0 Å². The Morgan fingerprint density at radius 1 is 1.00 bits per heavy atom. The second kappa shape index (κ2) is 4.29. The first-order valence-corrected chi connectivity index (χ1v) is 6.01. The van der Waals surface area contributed by atoms with E-state index >= 15 is 0 Å². The highest BCUT2D eigenvalue weighted by molar-refractivity contribution is 5.33. The van der Waals surface area contributed by atoms with Crippen molar-refractivity contribution in [2.24, 2.45) is 0 Å². The zero-order valence-corrected chi connectivity index (χ0v) is 10.4. The summed E-state index contributed by atoms with van der Waals surface area (Å²) in [7, 11) is 0. The molecule has 1 aliphatic rings. The van der Waals surface area contributed by atoms with Crippen LogP contribution >= 0.6 is 0 Å². The molecule has 0 saturated carbocycles. The monoisotopic (exact) mass is 212 g/mol. The Bertz CT molecular complexity index is 399. The zero-order chi connectivity index (χ0) is 11.6. The number of rotatable bonds is 1. The number of hydrogen-bond acceptors (Lipinski definition) is 0. The highest BCUT2D eigenvalue weighted by Crippen LogP contribution is 2.27. The minimum Gasteiger partial charge on any atom is -0.0836 e. The van der Waals surface area contributed by atoms with Crippen LogP contribution in [0.15, 0.2) is 48.6 Å². The minimum atomic E-state index is 0.251. The molecule has 1 aromatic carbocycles. The number of benzene rings is 1. The van der Waals surface area contributed by atoms with Gasteiger partial charge in [-0.15, -0.1) is 0 Å². The molecule has 1 aliphatic carbocycles. The molecular weight excluding hydrogens is 192 g/mol. The van der Waals surface area contributed by atoms with E-state index < -0.39 is 0 Å². The van der Waals surface area contributed by atoms with Crippen LogP contribution in [-0.2, 0) is 5.41 Å². The zero-order valence-electron chi connectivity index (χ0n) is 10.4. The van der Waals surface area contributed by atoms with Crippen molar-refractivity contribution < 1.29 is 0 Å². The fraction of sp³-hybridized carbons (Fsp3) is 0.375. The summed E-state index contributed by atoms with van der Waals surface area (Å²) in [5.74, 6) is 0.569. The van der Waals surface area contributed by atoms with Crippen molar-refractivity contribution in [3.8, 4) is 0 Å². The third kappa shape index (κ3) is 2.44. The van der Waals surface area contributed by atoms with Crippen molar-refractivity contribution in [2.75, 3.05) is 0 Å². The van der Waals surface area contributed by atoms with E-state index in [4.69, 9.17) is 0 Å². The molecule has 1 aromatic rings. The van der Waals surface area contributed by atoms with Gasteiger partial charge in [-0.1, -0.05) is 69.3 Å². The number of hydrogen-bond donors (Lipinski definition) is 0. The van der Waals surface area contributed by atoms with Gasteiger partial charge in [0.25, 0.3) is 0 Å². The molecule has 0 heterocycles. The molecule has 0 amide bonds. The first-order chi connectivity index (χ1) is 7.57. The first kappa shape index (κ1) is 11.2. The van der Waals surface area contributed by atoms with Crippen molar-refractivity contribution in [2.45, 2.75) is 38.5 Å². The Hall–Kier alpha value is -1.30. The molecule has 16 heavy (non-hydrogen) atoms. The van der Waals surface area contributed by atoms with Crippen LogP contribution in [0, 0.1) is 0 Å². The van der Waals surface area contributed by atoms with Crippen LogP contribution in [0.5, 0.6) is 0 Å². The van der Waals surface area contributed by atoms with Crippen LogP contribution in [-0.4, -0.2) is 0 Å². The molecule has 2 rings (SSSR count). The van der Waals surface area contributed by atoms with Crippen molar-refractivity contribution in [3.63, 3.8) is 0 Å². The summed E-state index contributed by atoms with van der Waals surface area (Å²) in [5.41, 5.74) is 3.08. The second-order valence-electron chi connectivity index (χ2n) is 5.53. The van der Waals surface area contributed by atoms with Crippen LogP contribution < -0.4 is 0 Å². The van der Waals surface area contributed by atoms with Crippen molar-refractivity contribution in [1.82, 2.24) is 0 Å². The van der Waals surface area contributed by atoms with Crippen molar-refractivity contribution in [1.29, 1.82) is 0 Å². The molecule has 0 N–H and O–H groups in total. The Morgan fingerprint density at radius 3 is 2.19 bits per heavy atom. The van der Waals surface area contributed by atoms with Gasteiger partial charge >= 0.3 is 0 Å². The molecule has 0 aromatic heterocycles. The van der Waals surface area contributed by atoms with E-state index in [-0.39, 0.29) is 5.41 Å². The second-order valence-corrected chi connectivity index (χ2v) is 5.53. The van der Waals surface area contributed by atoms with E-state index in [1.54, 1.807) is 0 Å². The highest BCUT2D eigenvalue weighted by atomic mass is 14.2. The standard InChI is InChI=1S/C16H20/c1-16(2,3)15-11-9-14(10-12-15)13-7-5-4-6-8-13/h4-7,9-13H,8H2,1-3H3. The SMILES string of the molecule is CC(C)(C)c1ccc(C2C=CC=CC2)cc1. The Morgan fingerprint density at radius 2 is 1.69 bits per heavy atom. The van der Waals surface area contributed by atoms with E-state index in [0.29, 0.717) is 5.92 Å². The third-order valence-electron chi connectivity index (χ3n) is 3.19. The van der Waals surface area contributed by atoms with Gasteiger partial charge in [0.2, 0.25) is 0 Å². The first-order valence-electron chi connectivity index (χ1n) is 6.01. The molecule has 0 aliphatic heterocycles. The fourth-order valence-electron chi connectivity index (χ4n) is 2.06. The third-order valence-corrected chi connectivity index (χ3v) is 3.19. The van der Waals surface area contributed by atoms with Gasteiger partial charge in [-0.05, 0) is 23.0 Å². The lowest BCUT2D eigenvalue weighted by molar-refractivity contribution is 0.589. The summed E-state index contributed by atoms with van der Waals surface area (Å²) in [6, 6.07) is 9.08. The summed E-state index contributed by atoms with van der Waals surface area (Å²) in [6.07, 6.45) is 9.92. The maximum Gasteiger partial charge on any atom is 0.00557 e. The maximum atomic E-state index is 2.28. The molecule has 1 unspecified atom stereocenters. The smallest absolute Gasteiger partial charge is 0.00557 e. The van der Waals surface area contributed by atoms with Crippen LogP contribution in [0.3, 0.4) is 0 Å². The Labute approximate surface area is 98.7 Å². The van der Waals surface area contributed by atoms with Gasteiger partial charge < -0.3 is 0 Å². The highest BCUT2D eigenvalue weighted by Gasteiger charge is 2.14. The summed E-state index contributed by atoms with van der Waals surface area (Å²) in [5, 5.41) is 0. The molecule has 84 valence electrons. The maximum absolute atomic E-state index is 2.28. The predicted molar refractivity (Wildman–Crippen MR) is 70.8 cm³/mol. The summed E-state index contributed by atoms with van der Waals surface area (Å²) >= 11 is 0. The minimum absolute atomic E-state index is 0.251. The topological polar surface area (TPSA) is 0 Å². The van der Waals surface area contributed by atoms with Crippen LogP contribution in [0.25, 0.3) is 0 Å². The van der Waals surface area contributed by atoms with Gasteiger partial charge in [-0.2, -0.15) is 0 Å². The van der Waals surface area contributed by atoms with E-state index in [0.717, 1.165) is 6.42 Å². The molecular formula is C16H20. The lowest BCUT2D eigenvalue weighted by Crippen LogP contribution is -2.11. The molecule has 1 atom stereocenters. The average molecular weight is 212 g/mol. The lowest BCUT2D eigenvalue weighted by Gasteiger charge is -2.20. The van der Waals surface area contributed by atoms with Gasteiger partial charge in [0.1, 0.15) is 0 Å². The normalized spacial score (nSPS) is 20.1. The van der Waals surface area contributed by atoms with E-state index in [1.165, 1.54) is 11.1 Å². The molecule has 0 spiro atoms. The van der Waals surface area contributed by atoms with E-state index in [2.05, 4.69) is 69.3 Å². The van der Waals surface area contributed by atoms with Crippen molar-refractivity contribution in [3.05, 3.63) is 59.7 Å². The molecule has 0 heteroatoms. The average Bonchev–Trinajstić information content (AvgIpc) is 2.29. The summed E-state index contributed by atoms with van der Waals surface area (Å²) < 4.78 is 0. The molecule has 0 fully saturated rings. The van der Waals surface area contributed by atoms with Gasteiger partial charge in [0.15, 0.2) is 0 Å². The predicted octanol–water partition coefficient (Wildman–Crippen LogP) is 4.58. The van der Waals surface area contributed by atoms with Gasteiger partial charge in [0, 0.05) is 5.92 Å². The molecule has 0 nitrogen and oxygen atoms in total. The van der Waals surface area contributed by atoms with E-state index in [1.807, 2.05) is 0 Å². The Kier molecular flexibility index (Phi) is 3.00. The number of allylic oxidation sites excluding steroid dienone is 4. The van der Waals surface area contributed by atoms with E-state index in [9.17, 15) is 0 Å². The van der Waals surface area contributed by atoms with Gasteiger partial charge in [0.05, 0.1) is 0 Å². The van der Waals surface area contributed by atoms with Crippen LogP contribution in [0.1, 0.15) is 44.2 Å². The molecule has 0 bridgehead atoms. The van der Waals surface area contributed by atoms with Gasteiger partial charge in [-0.3, -0.25) is 0 Å².